The molecule has 1 rings (SSSR count). The van der Waals surface area contributed by atoms with Crippen molar-refractivity contribution in [1.29, 1.82) is 0 Å². The molecule has 0 bridgehead atoms. The van der Waals surface area contributed by atoms with Gasteiger partial charge in [0, 0.05) is 44.2 Å². The Labute approximate surface area is 124 Å². The number of carboxylic acids is 1. The van der Waals surface area contributed by atoms with Crippen LogP contribution in [-0.2, 0) is 4.79 Å². The van der Waals surface area contributed by atoms with Crippen LogP contribution in [0.5, 0.6) is 0 Å². The Kier molecular flexibility index (Phi) is 6.61. The summed E-state index contributed by atoms with van der Waals surface area (Å²) in [6.07, 6.45) is 0. The lowest BCUT2D eigenvalue weighted by molar-refractivity contribution is -0.147. The van der Waals surface area contributed by atoms with E-state index in [1.165, 1.54) is 4.90 Å². The fourth-order valence-electron chi connectivity index (χ4n) is 2.15. The molecule has 1 aliphatic rings. The maximum absolute atomic E-state index is 12.1. The van der Waals surface area contributed by atoms with E-state index < -0.39 is 11.5 Å². The zero-order chi connectivity index (χ0) is 15.2. The minimum atomic E-state index is -1.19. The first kappa shape index (κ1) is 17.1. The van der Waals surface area contributed by atoms with Gasteiger partial charge >= 0.3 is 12.0 Å². The first-order valence-electron chi connectivity index (χ1n) is 6.98. The fourth-order valence-corrected chi connectivity index (χ4v) is 3.13. The van der Waals surface area contributed by atoms with Crippen molar-refractivity contribution in [2.45, 2.75) is 26.3 Å². The Bertz CT molecular complexity index is 344. The Hall–Kier alpha value is -0.950. The van der Waals surface area contributed by atoms with Gasteiger partial charge < -0.3 is 15.3 Å². The predicted molar refractivity (Wildman–Crippen MR) is 81.3 cm³/mol. The van der Waals surface area contributed by atoms with Crippen LogP contribution in [0.3, 0.4) is 0 Å². The van der Waals surface area contributed by atoms with E-state index in [0.717, 1.165) is 31.1 Å². The molecule has 1 saturated heterocycles. The number of thioether (sulfide) groups is 1. The molecule has 1 aliphatic heterocycles. The number of amides is 2. The Balaban J connectivity index is 2.41. The van der Waals surface area contributed by atoms with E-state index in [-0.39, 0.29) is 6.03 Å². The number of carboxylic acid groups (broad SMARTS) is 1. The summed E-state index contributed by atoms with van der Waals surface area (Å²) in [6, 6.07) is -0.314. The Morgan fingerprint density at radius 1 is 1.35 bits per heavy atom. The maximum atomic E-state index is 12.1. The van der Waals surface area contributed by atoms with Gasteiger partial charge in [-0.2, -0.15) is 11.8 Å². The van der Waals surface area contributed by atoms with Crippen molar-refractivity contribution in [2.24, 2.45) is 0 Å². The molecular weight excluding hydrogens is 278 g/mol. The summed E-state index contributed by atoms with van der Waals surface area (Å²) in [5, 5.41) is 12.0. The van der Waals surface area contributed by atoms with Crippen LogP contribution in [0, 0.1) is 0 Å². The van der Waals surface area contributed by atoms with Gasteiger partial charge in [-0.15, -0.1) is 0 Å². The van der Waals surface area contributed by atoms with Crippen LogP contribution >= 0.6 is 11.8 Å². The van der Waals surface area contributed by atoms with Crippen LogP contribution < -0.4 is 5.32 Å². The lowest BCUT2D eigenvalue weighted by Crippen LogP contribution is -2.56. The van der Waals surface area contributed by atoms with Crippen molar-refractivity contribution < 1.29 is 14.7 Å². The number of rotatable bonds is 6. The molecule has 2 N–H and O–H groups in total. The number of nitrogens with one attached hydrogen (secondary N) is 1. The SMILES string of the molecule is CCN(C(=O)NCCN1CCSCC1)C(C)(C)C(=O)O. The third kappa shape index (κ3) is 4.56. The van der Waals surface area contributed by atoms with Crippen molar-refractivity contribution in [3.05, 3.63) is 0 Å². The first-order chi connectivity index (χ1) is 9.39. The van der Waals surface area contributed by atoms with Crippen molar-refractivity contribution in [1.82, 2.24) is 15.1 Å². The normalized spacial score (nSPS) is 16.8. The summed E-state index contributed by atoms with van der Waals surface area (Å²) in [7, 11) is 0. The Morgan fingerprint density at radius 3 is 2.45 bits per heavy atom. The van der Waals surface area contributed by atoms with E-state index >= 15 is 0 Å². The number of hydrogen-bond donors (Lipinski definition) is 2. The number of aliphatic carboxylic acids is 1. The number of nitrogens with zero attached hydrogens (tertiary/aromatic N) is 2. The summed E-state index contributed by atoms with van der Waals surface area (Å²) in [4.78, 5) is 27.0. The summed E-state index contributed by atoms with van der Waals surface area (Å²) in [5.41, 5.74) is -1.19. The zero-order valence-corrected chi connectivity index (χ0v) is 13.3. The molecule has 0 aliphatic carbocycles. The summed E-state index contributed by atoms with van der Waals surface area (Å²) >= 11 is 1.95. The molecule has 6 nitrogen and oxygen atoms in total. The molecular formula is C13H25N3O3S. The summed E-state index contributed by atoms with van der Waals surface area (Å²) < 4.78 is 0. The lowest BCUT2D eigenvalue weighted by atomic mass is 10.0. The van der Waals surface area contributed by atoms with E-state index in [9.17, 15) is 14.7 Å². The molecule has 0 aromatic rings. The molecule has 1 heterocycles. The van der Waals surface area contributed by atoms with Crippen LogP contribution in [-0.4, -0.2) is 76.7 Å². The molecule has 20 heavy (non-hydrogen) atoms. The molecule has 0 unspecified atom stereocenters. The molecule has 116 valence electrons. The predicted octanol–water partition coefficient (Wildman–Crippen LogP) is 0.930. The minimum Gasteiger partial charge on any atom is -0.480 e. The quantitative estimate of drug-likeness (QED) is 0.764. The number of urea groups is 1. The monoisotopic (exact) mass is 303 g/mol. The Morgan fingerprint density at radius 2 is 1.95 bits per heavy atom. The van der Waals surface area contributed by atoms with Crippen molar-refractivity contribution in [2.75, 3.05) is 44.2 Å². The van der Waals surface area contributed by atoms with Crippen LogP contribution in [0.1, 0.15) is 20.8 Å². The number of likely N-dealkylation sites (N-methyl/N-ethyl adjacent to an activating group) is 1. The number of hydrogen-bond acceptors (Lipinski definition) is 4. The van der Waals surface area contributed by atoms with Gasteiger partial charge in [0.15, 0.2) is 0 Å². The fraction of sp³-hybridized carbons (Fsp3) is 0.846. The van der Waals surface area contributed by atoms with Crippen LogP contribution in [0.25, 0.3) is 0 Å². The van der Waals surface area contributed by atoms with E-state index in [0.29, 0.717) is 13.1 Å². The highest BCUT2D eigenvalue weighted by Gasteiger charge is 2.36. The van der Waals surface area contributed by atoms with Crippen molar-refractivity contribution in [3.63, 3.8) is 0 Å². The van der Waals surface area contributed by atoms with Crippen LogP contribution in [0.15, 0.2) is 0 Å². The highest BCUT2D eigenvalue weighted by molar-refractivity contribution is 7.99. The van der Waals surface area contributed by atoms with Gasteiger partial charge in [-0.25, -0.2) is 9.59 Å². The smallest absolute Gasteiger partial charge is 0.329 e. The molecule has 0 radical (unpaired) electrons. The van der Waals surface area contributed by atoms with E-state index in [1.807, 2.05) is 11.8 Å². The van der Waals surface area contributed by atoms with Crippen LogP contribution in [0.4, 0.5) is 4.79 Å². The van der Waals surface area contributed by atoms with Gasteiger partial charge in [0.25, 0.3) is 0 Å². The second kappa shape index (κ2) is 7.73. The zero-order valence-electron chi connectivity index (χ0n) is 12.5. The second-order valence-corrected chi connectivity index (χ2v) is 6.52. The minimum absolute atomic E-state index is 0.314. The lowest BCUT2D eigenvalue weighted by Gasteiger charge is -2.34. The second-order valence-electron chi connectivity index (χ2n) is 5.29. The molecule has 0 saturated carbocycles. The summed E-state index contributed by atoms with van der Waals surface area (Å²) in [5.74, 6) is 1.28. The van der Waals surface area contributed by atoms with Gasteiger partial charge in [0.2, 0.25) is 0 Å². The molecule has 1 fully saturated rings. The highest BCUT2D eigenvalue weighted by Crippen LogP contribution is 2.14. The van der Waals surface area contributed by atoms with Gasteiger partial charge in [-0.1, -0.05) is 0 Å². The largest absolute Gasteiger partial charge is 0.480 e. The van der Waals surface area contributed by atoms with Gasteiger partial charge in [-0.05, 0) is 20.8 Å². The number of carbonyl (C=O) groups excluding carboxylic acids is 1. The standard InChI is InChI=1S/C13H25N3O3S/c1-4-16(13(2,3)11(17)18)12(19)14-5-6-15-7-9-20-10-8-15/h4-10H2,1-3H3,(H,14,19)(H,17,18). The van der Waals surface area contributed by atoms with Gasteiger partial charge in [0.05, 0.1) is 0 Å². The van der Waals surface area contributed by atoms with E-state index in [2.05, 4.69) is 10.2 Å². The van der Waals surface area contributed by atoms with Crippen LogP contribution in [0.2, 0.25) is 0 Å². The molecule has 2 amide bonds. The molecule has 0 aromatic carbocycles. The van der Waals surface area contributed by atoms with E-state index in [4.69, 9.17) is 0 Å². The maximum Gasteiger partial charge on any atom is 0.329 e. The number of carbonyl (C=O) groups is 2. The summed E-state index contributed by atoms with van der Waals surface area (Å²) in [6.45, 7) is 8.71. The van der Waals surface area contributed by atoms with Crippen molar-refractivity contribution >= 4 is 23.8 Å². The first-order valence-corrected chi connectivity index (χ1v) is 8.14. The molecule has 0 aromatic heterocycles. The average Bonchev–Trinajstić information content (AvgIpc) is 2.40. The van der Waals surface area contributed by atoms with Gasteiger partial charge in [-0.3, -0.25) is 4.90 Å². The molecule has 0 spiro atoms. The third-order valence-electron chi connectivity index (χ3n) is 3.57. The molecule has 7 heteroatoms. The topological polar surface area (TPSA) is 72.9 Å². The van der Waals surface area contributed by atoms with Gasteiger partial charge in [0.1, 0.15) is 5.54 Å². The third-order valence-corrected chi connectivity index (χ3v) is 4.51. The highest BCUT2D eigenvalue weighted by atomic mass is 32.2. The average molecular weight is 303 g/mol. The molecule has 0 atom stereocenters. The van der Waals surface area contributed by atoms with E-state index in [1.54, 1.807) is 20.8 Å². The van der Waals surface area contributed by atoms with Crippen molar-refractivity contribution in [3.8, 4) is 0 Å².